The Kier molecular flexibility index (Phi) is 8.27. The van der Waals surface area contributed by atoms with E-state index in [1.165, 1.54) is 0 Å². The van der Waals surface area contributed by atoms with Crippen molar-refractivity contribution in [1.29, 1.82) is 0 Å². The molecule has 6 nitrogen and oxygen atoms in total. The molecule has 0 aliphatic heterocycles. The van der Waals surface area contributed by atoms with E-state index in [0.29, 0.717) is 22.6 Å². The number of methoxy groups -OCH3 is 1. The van der Waals surface area contributed by atoms with Gasteiger partial charge in [-0.1, -0.05) is 12.1 Å². The molecular weight excluding hydrogens is 472 g/mol. The summed E-state index contributed by atoms with van der Waals surface area (Å²) in [5, 5.41) is 2.82. The van der Waals surface area contributed by atoms with Crippen molar-refractivity contribution in [3.63, 3.8) is 0 Å². The first-order valence-corrected chi connectivity index (χ1v) is 10.9. The fraction of sp³-hybridized carbons (Fsp3) is 0.200. The molecule has 7 heteroatoms. The van der Waals surface area contributed by atoms with Crippen LogP contribution in [0.2, 0.25) is 0 Å². The summed E-state index contributed by atoms with van der Waals surface area (Å²) in [7, 11) is 1.55. The quantitative estimate of drug-likeness (QED) is 0.372. The molecule has 166 valence electrons. The van der Waals surface area contributed by atoms with E-state index in [4.69, 9.17) is 14.2 Å². The summed E-state index contributed by atoms with van der Waals surface area (Å²) in [5.41, 5.74) is 3.41. The van der Waals surface area contributed by atoms with Crippen LogP contribution in [0.1, 0.15) is 18.1 Å². The van der Waals surface area contributed by atoms with Gasteiger partial charge < -0.3 is 19.5 Å². The first-order valence-electron chi connectivity index (χ1n) is 10.1. The Morgan fingerprint density at radius 2 is 1.88 bits per heavy atom. The maximum absolute atomic E-state index is 12.3. The molecule has 3 rings (SSSR count). The van der Waals surface area contributed by atoms with E-state index < -0.39 is 0 Å². The zero-order chi connectivity index (χ0) is 22.9. The standard InChI is InChI=1S/C25H25BrN2O4/c1-4-31-21-10-8-19(9-11-21)27-15-18-13-22(26)25(23(14-18)30-3)32-16-24(29)28-20-7-5-6-17(2)12-20/h5-15H,4,16H2,1-3H3,(H,28,29). The Bertz CT molecular complexity index is 1100. The van der Waals surface area contributed by atoms with E-state index in [1.54, 1.807) is 19.4 Å². The van der Waals surface area contributed by atoms with E-state index in [0.717, 1.165) is 28.3 Å². The number of hydrogen-bond donors (Lipinski definition) is 1. The number of hydrogen-bond acceptors (Lipinski definition) is 5. The first kappa shape index (κ1) is 23.3. The van der Waals surface area contributed by atoms with Crippen LogP contribution in [0.25, 0.3) is 0 Å². The van der Waals surface area contributed by atoms with Crippen LogP contribution >= 0.6 is 15.9 Å². The summed E-state index contributed by atoms with van der Waals surface area (Å²) in [4.78, 5) is 16.8. The van der Waals surface area contributed by atoms with Gasteiger partial charge in [-0.3, -0.25) is 9.79 Å². The molecule has 3 aromatic rings. The highest BCUT2D eigenvalue weighted by Gasteiger charge is 2.13. The minimum absolute atomic E-state index is 0.150. The molecule has 32 heavy (non-hydrogen) atoms. The highest BCUT2D eigenvalue weighted by atomic mass is 79.9. The van der Waals surface area contributed by atoms with Crippen molar-refractivity contribution in [3.8, 4) is 17.2 Å². The van der Waals surface area contributed by atoms with E-state index in [-0.39, 0.29) is 12.5 Å². The highest BCUT2D eigenvalue weighted by molar-refractivity contribution is 9.10. The number of anilines is 1. The third-order valence-corrected chi connectivity index (χ3v) is 5.00. The van der Waals surface area contributed by atoms with Gasteiger partial charge in [0.1, 0.15) is 5.75 Å². The smallest absolute Gasteiger partial charge is 0.262 e. The van der Waals surface area contributed by atoms with Crippen molar-refractivity contribution in [1.82, 2.24) is 0 Å². The molecule has 0 aromatic heterocycles. The lowest BCUT2D eigenvalue weighted by Gasteiger charge is -2.13. The predicted octanol–water partition coefficient (Wildman–Crippen LogP) is 5.93. The van der Waals surface area contributed by atoms with Gasteiger partial charge >= 0.3 is 0 Å². The summed E-state index contributed by atoms with van der Waals surface area (Å²) in [5.74, 6) is 1.50. The van der Waals surface area contributed by atoms with Crippen LogP contribution in [0.5, 0.6) is 17.2 Å². The van der Waals surface area contributed by atoms with Gasteiger partial charge in [-0.2, -0.15) is 0 Å². The number of ether oxygens (including phenoxy) is 3. The molecule has 0 atom stereocenters. The van der Waals surface area contributed by atoms with Crippen LogP contribution in [-0.4, -0.2) is 32.4 Å². The number of aliphatic imine (C=N–C) groups is 1. The number of nitrogens with one attached hydrogen (secondary N) is 1. The molecule has 0 saturated carbocycles. The molecular formula is C25H25BrN2O4. The fourth-order valence-corrected chi connectivity index (χ4v) is 3.53. The number of benzene rings is 3. The van der Waals surface area contributed by atoms with Crippen LogP contribution in [-0.2, 0) is 4.79 Å². The van der Waals surface area contributed by atoms with Gasteiger partial charge in [-0.25, -0.2) is 0 Å². The second kappa shape index (κ2) is 11.3. The normalized spacial score (nSPS) is 10.8. The molecule has 0 unspecified atom stereocenters. The van der Waals surface area contributed by atoms with Crippen LogP contribution in [0.15, 0.2) is 70.1 Å². The molecule has 0 aliphatic carbocycles. The summed E-state index contributed by atoms with van der Waals surface area (Å²) in [6.07, 6.45) is 1.73. The summed E-state index contributed by atoms with van der Waals surface area (Å²) in [6.45, 7) is 4.39. The zero-order valence-electron chi connectivity index (χ0n) is 18.2. The number of rotatable bonds is 9. The Balaban J connectivity index is 1.67. The minimum atomic E-state index is -0.259. The molecule has 3 aromatic carbocycles. The molecule has 0 bridgehead atoms. The Labute approximate surface area is 196 Å². The van der Waals surface area contributed by atoms with Crippen LogP contribution in [0, 0.1) is 6.92 Å². The monoisotopic (exact) mass is 496 g/mol. The zero-order valence-corrected chi connectivity index (χ0v) is 19.8. The lowest BCUT2D eigenvalue weighted by atomic mass is 10.2. The minimum Gasteiger partial charge on any atom is -0.494 e. The summed E-state index contributed by atoms with van der Waals surface area (Å²) in [6, 6.07) is 18.8. The molecule has 1 amide bonds. The number of carbonyl (C=O) groups excluding carboxylic acids is 1. The first-order chi connectivity index (χ1) is 15.5. The molecule has 0 spiro atoms. The van der Waals surface area contributed by atoms with Crippen molar-refractivity contribution in [2.75, 3.05) is 25.6 Å². The molecule has 0 radical (unpaired) electrons. The lowest BCUT2D eigenvalue weighted by Crippen LogP contribution is -2.20. The topological polar surface area (TPSA) is 69.2 Å². The maximum atomic E-state index is 12.3. The van der Waals surface area contributed by atoms with Crippen molar-refractivity contribution in [3.05, 3.63) is 76.3 Å². The third kappa shape index (κ3) is 6.59. The Morgan fingerprint density at radius 1 is 1.09 bits per heavy atom. The van der Waals surface area contributed by atoms with Crippen LogP contribution in [0.4, 0.5) is 11.4 Å². The van der Waals surface area contributed by atoms with Crippen LogP contribution < -0.4 is 19.5 Å². The largest absolute Gasteiger partial charge is 0.494 e. The summed E-state index contributed by atoms with van der Waals surface area (Å²) >= 11 is 3.50. The average molecular weight is 497 g/mol. The van der Waals surface area contributed by atoms with Gasteiger partial charge in [0.15, 0.2) is 18.1 Å². The van der Waals surface area contributed by atoms with Gasteiger partial charge in [0, 0.05) is 11.9 Å². The Hall–Kier alpha value is -3.32. The predicted molar refractivity (Wildman–Crippen MR) is 131 cm³/mol. The van der Waals surface area contributed by atoms with E-state index in [9.17, 15) is 4.79 Å². The summed E-state index contributed by atoms with van der Waals surface area (Å²) < 4.78 is 17.3. The van der Waals surface area contributed by atoms with Gasteiger partial charge in [-0.05, 0) is 89.4 Å². The van der Waals surface area contributed by atoms with E-state index in [1.807, 2.05) is 68.4 Å². The molecule has 0 fully saturated rings. The lowest BCUT2D eigenvalue weighted by molar-refractivity contribution is -0.118. The van der Waals surface area contributed by atoms with Gasteiger partial charge in [0.25, 0.3) is 5.91 Å². The number of nitrogens with zero attached hydrogens (tertiary/aromatic N) is 1. The second-order valence-electron chi connectivity index (χ2n) is 6.93. The Morgan fingerprint density at radius 3 is 2.56 bits per heavy atom. The van der Waals surface area contributed by atoms with Crippen molar-refractivity contribution >= 4 is 39.4 Å². The van der Waals surface area contributed by atoms with Gasteiger partial charge in [-0.15, -0.1) is 0 Å². The molecule has 0 saturated heterocycles. The number of aryl methyl sites for hydroxylation is 1. The molecule has 1 N–H and O–H groups in total. The van der Waals surface area contributed by atoms with E-state index in [2.05, 4.69) is 26.2 Å². The molecule has 0 aliphatic rings. The van der Waals surface area contributed by atoms with Gasteiger partial charge in [0.2, 0.25) is 0 Å². The van der Waals surface area contributed by atoms with Crippen molar-refractivity contribution in [2.45, 2.75) is 13.8 Å². The van der Waals surface area contributed by atoms with E-state index >= 15 is 0 Å². The maximum Gasteiger partial charge on any atom is 0.262 e. The number of amides is 1. The molecule has 0 heterocycles. The van der Waals surface area contributed by atoms with Crippen molar-refractivity contribution in [2.24, 2.45) is 4.99 Å². The fourth-order valence-electron chi connectivity index (χ4n) is 2.96. The highest BCUT2D eigenvalue weighted by Crippen LogP contribution is 2.36. The second-order valence-corrected chi connectivity index (χ2v) is 7.78. The van der Waals surface area contributed by atoms with Crippen molar-refractivity contribution < 1.29 is 19.0 Å². The average Bonchev–Trinajstić information content (AvgIpc) is 2.77. The third-order valence-electron chi connectivity index (χ3n) is 4.41. The van der Waals surface area contributed by atoms with Gasteiger partial charge in [0.05, 0.1) is 23.9 Å². The number of halogens is 1. The SMILES string of the molecule is CCOc1ccc(N=Cc2cc(Br)c(OCC(=O)Nc3cccc(C)c3)c(OC)c2)cc1. The number of carbonyl (C=O) groups is 1. The van der Waals surface area contributed by atoms with Crippen LogP contribution in [0.3, 0.4) is 0 Å².